The molecule has 0 aliphatic heterocycles. The third-order valence-electron chi connectivity index (χ3n) is 1.05. The summed E-state index contributed by atoms with van der Waals surface area (Å²) in [6, 6.07) is 1.68. The van der Waals surface area contributed by atoms with Crippen LogP contribution in [0.2, 0.25) is 8.67 Å². The molecule has 13 heavy (non-hydrogen) atoms. The van der Waals surface area contributed by atoms with Gasteiger partial charge < -0.3 is 11.5 Å². The molecule has 0 fully saturated rings. The Morgan fingerprint density at radius 1 is 1.46 bits per heavy atom. The molecule has 0 aromatic carbocycles. The molecular weight excluding hydrogens is 231 g/mol. The van der Waals surface area contributed by atoms with E-state index in [1.54, 1.807) is 6.07 Å². The largest absolute Gasteiger partial charge is 0.369 e. The van der Waals surface area contributed by atoms with E-state index >= 15 is 0 Å². The summed E-state index contributed by atoms with van der Waals surface area (Å²) in [5.41, 5.74) is 10.8. The van der Waals surface area contributed by atoms with Crippen molar-refractivity contribution in [3.05, 3.63) is 20.3 Å². The van der Waals surface area contributed by atoms with E-state index in [2.05, 4.69) is 10.2 Å². The zero-order chi connectivity index (χ0) is 9.84. The van der Waals surface area contributed by atoms with Crippen molar-refractivity contribution in [2.24, 2.45) is 21.7 Å². The quantitative estimate of drug-likeness (QED) is 0.466. The predicted molar refractivity (Wildman–Crippen MR) is 57.7 cm³/mol. The van der Waals surface area contributed by atoms with E-state index in [-0.39, 0.29) is 5.96 Å². The number of rotatable bonds is 2. The Kier molecular flexibility index (Phi) is 3.53. The van der Waals surface area contributed by atoms with E-state index in [0.29, 0.717) is 14.2 Å². The predicted octanol–water partition coefficient (Wildman–Crippen LogP) is 1.66. The third kappa shape index (κ3) is 3.22. The number of hydrogen-bond donors (Lipinski definition) is 2. The molecule has 0 aliphatic carbocycles. The third-order valence-corrected chi connectivity index (χ3v) is 2.57. The first-order valence-electron chi connectivity index (χ1n) is 3.16. The Bertz CT molecular complexity index is 354. The molecule has 0 atom stereocenters. The molecule has 0 unspecified atom stereocenters. The Hall–Kier alpha value is -0.780. The second-order valence-corrected chi connectivity index (χ2v) is 4.33. The molecule has 1 aromatic rings. The maximum absolute atomic E-state index is 5.79. The van der Waals surface area contributed by atoms with E-state index in [4.69, 9.17) is 34.7 Å². The first kappa shape index (κ1) is 10.3. The summed E-state index contributed by atoms with van der Waals surface area (Å²) in [6.45, 7) is 0. The molecule has 4 N–H and O–H groups in total. The van der Waals surface area contributed by atoms with Gasteiger partial charge in [0.25, 0.3) is 0 Å². The van der Waals surface area contributed by atoms with Crippen molar-refractivity contribution in [3.63, 3.8) is 0 Å². The van der Waals surface area contributed by atoms with Crippen molar-refractivity contribution in [1.29, 1.82) is 0 Å². The van der Waals surface area contributed by atoms with Gasteiger partial charge in [-0.3, -0.25) is 0 Å². The lowest BCUT2D eigenvalue weighted by Crippen LogP contribution is -2.21. The average molecular weight is 237 g/mol. The van der Waals surface area contributed by atoms with Crippen LogP contribution in [0.25, 0.3) is 0 Å². The van der Waals surface area contributed by atoms with Crippen LogP contribution in [0.4, 0.5) is 0 Å². The van der Waals surface area contributed by atoms with E-state index in [1.165, 1.54) is 17.6 Å². The lowest BCUT2D eigenvalue weighted by Gasteiger charge is -1.84. The van der Waals surface area contributed by atoms with Gasteiger partial charge in [0.2, 0.25) is 5.96 Å². The van der Waals surface area contributed by atoms with E-state index in [0.717, 1.165) is 0 Å². The second-order valence-electron chi connectivity index (χ2n) is 2.05. The lowest BCUT2D eigenvalue weighted by molar-refractivity contribution is 1.22. The summed E-state index contributed by atoms with van der Waals surface area (Å²) < 4.78 is 1.15. The standard InChI is InChI=1S/C6H6Cl2N4S/c7-4-1-3(5(8)13-4)2-11-12-6(9)10/h1-2H,(H4,9,10,12)/b11-2+. The number of nitrogens with zero attached hydrogens (tertiary/aromatic N) is 2. The Morgan fingerprint density at radius 3 is 2.62 bits per heavy atom. The number of nitrogens with two attached hydrogens (primary N) is 2. The molecule has 7 heteroatoms. The highest BCUT2D eigenvalue weighted by atomic mass is 35.5. The van der Waals surface area contributed by atoms with Crippen LogP contribution < -0.4 is 11.5 Å². The Balaban J connectivity index is 2.80. The Labute approximate surface area is 88.8 Å². The van der Waals surface area contributed by atoms with Crippen LogP contribution in [0.1, 0.15) is 5.56 Å². The normalized spacial score (nSPS) is 10.6. The first-order valence-corrected chi connectivity index (χ1v) is 4.73. The van der Waals surface area contributed by atoms with Crippen LogP contribution in [-0.2, 0) is 0 Å². The SMILES string of the molecule is NC(N)=N/N=C/c1cc(Cl)sc1Cl. The molecular formula is C6H6Cl2N4S. The topological polar surface area (TPSA) is 76.8 Å². The fourth-order valence-corrected chi connectivity index (χ4v) is 2.01. The van der Waals surface area contributed by atoms with Crippen LogP contribution in [0.3, 0.4) is 0 Å². The molecule has 0 aliphatic rings. The van der Waals surface area contributed by atoms with Crippen molar-refractivity contribution >= 4 is 46.7 Å². The highest BCUT2D eigenvalue weighted by Crippen LogP contribution is 2.29. The summed E-state index contributed by atoms with van der Waals surface area (Å²) in [5.74, 6) is -0.103. The van der Waals surface area contributed by atoms with Gasteiger partial charge in [0, 0.05) is 5.56 Å². The van der Waals surface area contributed by atoms with Gasteiger partial charge in [-0.1, -0.05) is 23.2 Å². The van der Waals surface area contributed by atoms with Gasteiger partial charge in [-0.05, 0) is 6.07 Å². The highest BCUT2D eigenvalue weighted by molar-refractivity contribution is 7.20. The number of thiophene rings is 1. The summed E-state index contributed by atoms with van der Waals surface area (Å²) >= 11 is 12.7. The Morgan fingerprint density at radius 2 is 2.15 bits per heavy atom. The molecule has 1 aromatic heterocycles. The molecule has 1 heterocycles. The summed E-state index contributed by atoms with van der Waals surface area (Å²) in [6.07, 6.45) is 1.43. The van der Waals surface area contributed by atoms with Gasteiger partial charge in [0.1, 0.15) is 4.34 Å². The summed E-state index contributed by atoms with van der Waals surface area (Å²) in [7, 11) is 0. The van der Waals surface area contributed by atoms with Gasteiger partial charge in [-0.15, -0.1) is 16.4 Å². The molecule has 0 saturated heterocycles. The fraction of sp³-hybridized carbons (Fsp3) is 0. The van der Waals surface area contributed by atoms with Crippen molar-refractivity contribution in [3.8, 4) is 0 Å². The minimum Gasteiger partial charge on any atom is -0.369 e. The monoisotopic (exact) mass is 236 g/mol. The number of hydrogen-bond acceptors (Lipinski definition) is 3. The van der Waals surface area contributed by atoms with E-state index in [1.807, 2.05) is 0 Å². The van der Waals surface area contributed by atoms with Crippen LogP contribution in [-0.4, -0.2) is 12.2 Å². The molecule has 0 amide bonds. The minimum absolute atomic E-state index is 0.103. The van der Waals surface area contributed by atoms with Crippen molar-refractivity contribution in [1.82, 2.24) is 0 Å². The van der Waals surface area contributed by atoms with Gasteiger partial charge >= 0.3 is 0 Å². The van der Waals surface area contributed by atoms with Crippen molar-refractivity contribution in [2.45, 2.75) is 0 Å². The van der Waals surface area contributed by atoms with E-state index < -0.39 is 0 Å². The van der Waals surface area contributed by atoms with Gasteiger partial charge in [-0.25, -0.2) is 0 Å². The van der Waals surface area contributed by atoms with Gasteiger partial charge in [0.05, 0.1) is 10.6 Å². The molecule has 70 valence electrons. The smallest absolute Gasteiger partial charge is 0.211 e. The fourth-order valence-electron chi connectivity index (χ4n) is 0.599. The highest BCUT2D eigenvalue weighted by Gasteiger charge is 2.02. The second kappa shape index (κ2) is 4.45. The van der Waals surface area contributed by atoms with Gasteiger partial charge in [-0.2, -0.15) is 5.10 Å². The first-order chi connectivity index (χ1) is 6.09. The van der Waals surface area contributed by atoms with Gasteiger partial charge in [0.15, 0.2) is 0 Å². The maximum Gasteiger partial charge on any atom is 0.211 e. The zero-order valence-electron chi connectivity index (χ0n) is 6.37. The lowest BCUT2D eigenvalue weighted by atomic mass is 10.4. The molecule has 1 rings (SSSR count). The number of guanidine groups is 1. The van der Waals surface area contributed by atoms with Crippen LogP contribution >= 0.6 is 34.5 Å². The molecule has 0 saturated carbocycles. The zero-order valence-corrected chi connectivity index (χ0v) is 8.70. The van der Waals surface area contributed by atoms with Crippen LogP contribution in [0.5, 0.6) is 0 Å². The molecule has 0 radical (unpaired) electrons. The summed E-state index contributed by atoms with van der Waals surface area (Å²) in [5, 5.41) is 7.01. The van der Waals surface area contributed by atoms with Crippen LogP contribution in [0.15, 0.2) is 16.3 Å². The maximum atomic E-state index is 5.79. The molecule has 0 bridgehead atoms. The van der Waals surface area contributed by atoms with E-state index in [9.17, 15) is 0 Å². The summed E-state index contributed by atoms with van der Waals surface area (Å²) in [4.78, 5) is 0. The molecule has 4 nitrogen and oxygen atoms in total. The minimum atomic E-state index is -0.103. The number of halogens is 2. The van der Waals surface area contributed by atoms with Crippen molar-refractivity contribution < 1.29 is 0 Å². The van der Waals surface area contributed by atoms with Crippen molar-refractivity contribution in [2.75, 3.05) is 0 Å². The van der Waals surface area contributed by atoms with Crippen LogP contribution in [0, 0.1) is 0 Å². The molecule has 0 spiro atoms. The average Bonchev–Trinajstić information content (AvgIpc) is 2.29.